The maximum Gasteiger partial charge on any atom is 0.238 e. The van der Waals surface area contributed by atoms with Gasteiger partial charge in [0.1, 0.15) is 5.75 Å². The number of carbonyl (C=O) groups is 1. The van der Waals surface area contributed by atoms with Gasteiger partial charge in [-0.1, -0.05) is 23.2 Å². The first-order chi connectivity index (χ1) is 9.61. The van der Waals surface area contributed by atoms with Crippen LogP contribution in [0.1, 0.15) is 5.56 Å². The van der Waals surface area contributed by atoms with Crippen molar-refractivity contribution in [2.24, 2.45) is 0 Å². The third-order valence-electron chi connectivity index (χ3n) is 3.02. The van der Waals surface area contributed by atoms with E-state index in [4.69, 9.17) is 27.9 Å². The Morgan fingerprint density at radius 1 is 1.55 bits per heavy atom. The molecule has 0 radical (unpaired) electrons. The Morgan fingerprint density at radius 2 is 2.35 bits per heavy atom. The van der Waals surface area contributed by atoms with Crippen molar-refractivity contribution >= 4 is 40.9 Å². The largest absolute Gasteiger partial charge is 0.495 e. The second-order valence-corrected chi connectivity index (χ2v) is 6.27. The smallest absolute Gasteiger partial charge is 0.238 e. The van der Waals surface area contributed by atoms with Crippen molar-refractivity contribution in [3.8, 4) is 5.75 Å². The number of benzene rings is 1. The molecule has 2 rings (SSSR count). The van der Waals surface area contributed by atoms with Crippen molar-refractivity contribution in [2.75, 3.05) is 25.3 Å². The molecule has 110 valence electrons. The fourth-order valence-electron chi connectivity index (χ4n) is 2.04. The molecule has 1 aromatic rings. The lowest BCUT2D eigenvalue weighted by Gasteiger charge is -2.13. The topological polar surface area (TPSA) is 50.4 Å². The molecule has 1 saturated heterocycles. The lowest BCUT2D eigenvalue weighted by Crippen LogP contribution is -2.42. The number of hydrogen-bond donors (Lipinski definition) is 2. The number of nitrogens with one attached hydrogen (secondary N) is 2. The maximum absolute atomic E-state index is 11.9. The molecule has 0 aromatic heterocycles. The van der Waals surface area contributed by atoms with Gasteiger partial charge >= 0.3 is 0 Å². The fourth-order valence-corrected chi connectivity index (χ4v) is 3.59. The minimum absolute atomic E-state index is 0.0297. The van der Waals surface area contributed by atoms with Gasteiger partial charge in [-0.05, 0) is 24.1 Å². The molecule has 1 aliphatic rings. The van der Waals surface area contributed by atoms with Gasteiger partial charge in [0, 0.05) is 23.2 Å². The van der Waals surface area contributed by atoms with Gasteiger partial charge in [-0.15, -0.1) is 11.8 Å². The highest BCUT2D eigenvalue weighted by Gasteiger charge is 2.22. The molecule has 1 fully saturated rings. The number of carbonyl (C=O) groups excluding carboxylic acids is 1. The third kappa shape index (κ3) is 3.95. The van der Waals surface area contributed by atoms with E-state index in [9.17, 15) is 4.79 Å². The van der Waals surface area contributed by atoms with Crippen LogP contribution in [0.2, 0.25) is 10.0 Å². The summed E-state index contributed by atoms with van der Waals surface area (Å²) in [4.78, 5) is 11.9. The number of amides is 1. The molecule has 1 aromatic carbocycles. The van der Waals surface area contributed by atoms with Crippen molar-refractivity contribution in [2.45, 2.75) is 12.5 Å². The summed E-state index contributed by atoms with van der Waals surface area (Å²) < 4.78 is 5.27. The highest BCUT2D eigenvalue weighted by atomic mass is 35.5. The first-order valence-corrected chi connectivity index (χ1v) is 8.13. The van der Waals surface area contributed by atoms with Crippen LogP contribution in [-0.4, -0.2) is 37.2 Å². The van der Waals surface area contributed by atoms with E-state index in [1.807, 2.05) is 6.07 Å². The minimum Gasteiger partial charge on any atom is -0.495 e. The molecule has 20 heavy (non-hydrogen) atoms. The third-order valence-corrected chi connectivity index (χ3v) is 4.45. The number of ether oxygens (including phenoxy) is 1. The van der Waals surface area contributed by atoms with Crippen molar-refractivity contribution in [3.63, 3.8) is 0 Å². The van der Waals surface area contributed by atoms with Crippen LogP contribution in [0, 0.1) is 0 Å². The number of halogens is 2. The zero-order valence-electron chi connectivity index (χ0n) is 11.0. The van der Waals surface area contributed by atoms with Gasteiger partial charge in [-0.25, -0.2) is 0 Å². The summed E-state index contributed by atoms with van der Waals surface area (Å²) in [5, 5.41) is 7.08. The van der Waals surface area contributed by atoms with E-state index in [0.717, 1.165) is 17.2 Å². The number of rotatable bonds is 5. The van der Waals surface area contributed by atoms with E-state index < -0.39 is 0 Å². The Hall–Kier alpha value is -0.620. The first kappa shape index (κ1) is 15.8. The Balaban J connectivity index is 1.92. The molecule has 1 heterocycles. The van der Waals surface area contributed by atoms with Gasteiger partial charge in [0.25, 0.3) is 0 Å². The van der Waals surface area contributed by atoms with Crippen molar-refractivity contribution < 1.29 is 9.53 Å². The van der Waals surface area contributed by atoms with Gasteiger partial charge in [0.15, 0.2) is 0 Å². The summed E-state index contributed by atoms with van der Waals surface area (Å²) >= 11 is 13.8. The van der Waals surface area contributed by atoms with Crippen LogP contribution in [0.4, 0.5) is 0 Å². The van der Waals surface area contributed by atoms with Crippen LogP contribution in [0.15, 0.2) is 12.1 Å². The summed E-state index contributed by atoms with van der Waals surface area (Å²) in [6.45, 7) is 0.523. The molecule has 0 aliphatic carbocycles. The summed E-state index contributed by atoms with van der Waals surface area (Å²) in [6.07, 6.45) is 0.620. The Labute approximate surface area is 132 Å². The predicted octanol–water partition coefficient (Wildman–Crippen LogP) is 2.32. The quantitative estimate of drug-likeness (QED) is 0.867. The molecule has 1 amide bonds. The van der Waals surface area contributed by atoms with Crippen LogP contribution < -0.4 is 15.4 Å². The van der Waals surface area contributed by atoms with Crippen LogP contribution in [-0.2, 0) is 11.2 Å². The average Bonchev–Trinajstić information content (AvgIpc) is 2.92. The number of hydrogen-bond acceptors (Lipinski definition) is 4. The number of methoxy groups -OCH3 is 1. The zero-order chi connectivity index (χ0) is 14.5. The summed E-state index contributed by atoms with van der Waals surface area (Å²) in [5.74, 6) is 2.29. The normalized spacial score (nSPS) is 18.1. The summed E-state index contributed by atoms with van der Waals surface area (Å²) in [6, 6.07) is 3.36. The lowest BCUT2D eigenvalue weighted by atomic mass is 10.1. The van der Waals surface area contributed by atoms with Gasteiger partial charge < -0.3 is 10.1 Å². The monoisotopic (exact) mass is 334 g/mol. The molecular weight excluding hydrogens is 319 g/mol. The molecule has 1 unspecified atom stereocenters. The molecule has 1 atom stereocenters. The zero-order valence-corrected chi connectivity index (χ0v) is 13.4. The standard InChI is InChI=1S/C13H16Cl2N2O2S/c1-19-12-8(4-9(14)5-10(12)15)2-3-16-13(18)11-6-20-7-17-11/h4-5,11,17H,2-3,6-7H2,1H3,(H,16,18). The van der Waals surface area contributed by atoms with E-state index in [0.29, 0.717) is 28.8 Å². The van der Waals surface area contributed by atoms with E-state index in [1.54, 1.807) is 24.9 Å². The van der Waals surface area contributed by atoms with Crippen LogP contribution >= 0.6 is 35.0 Å². The van der Waals surface area contributed by atoms with E-state index in [-0.39, 0.29) is 11.9 Å². The SMILES string of the molecule is COc1c(Cl)cc(Cl)cc1CCNC(=O)C1CSCN1. The average molecular weight is 335 g/mol. The van der Waals surface area contributed by atoms with Gasteiger partial charge in [-0.2, -0.15) is 0 Å². The summed E-state index contributed by atoms with van der Waals surface area (Å²) in [7, 11) is 1.57. The Bertz CT molecular complexity index is 494. The number of thioether (sulfide) groups is 1. The van der Waals surface area contributed by atoms with E-state index in [1.165, 1.54) is 0 Å². The minimum atomic E-state index is -0.0927. The molecule has 0 bridgehead atoms. The molecule has 0 saturated carbocycles. The Kier molecular flexibility index (Phi) is 5.84. The second-order valence-electron chi connectivity index (χ2n) is 4.39. The molecule has 2 N–H and O–H groups in total. The lowest BCUT2D eigenvalue weighted by molar-refractivity contribution is -0.122. The summed E-state index contributed by atoms with van der Waals surface area (Å²) in [5.41, 5.74) is 0.888. The van der Waals surface area contributed by atoms with Crippen molar-refractivity contribution in [1.29, 1.82) is 0 Å². The molecule has 4 nitrogen and oxygen atoms in total. The van der Waals surface area contributed by atoms with Crippen LogP contribution in [0.3, 0.4) is 0 Å². The van der Waals surface area contributed by atoms with Crippen molar-refractivity contribution in [1.82, 2.24) is 10.6 Å². The fraction of sp³-hybridized carbons (Fsp3) is 0.462. The Morgan fingerprint density at radius 3 is 3.00 bits per heavy atom. The first-order valence-electron chi connectivity index (χ1n) is 6.22. The predicted molar refractivity (Wildman–Crippen MR) is 84.0 cm³/mol. The maximum atomic E-state index is 11.9. The van der Waals surface area contributed by atoms with Crippen LogP contribution in [0.25, 0.3) is 0 Å². The van der Waals surface area contributed by atoms with Gasteiger partial charge in [0.05, 0.1) is 18.2 Å². The van der Waals surface area contributed by atoms with Crippen LogP contribution in [0.5, 0.6) is 5.75 Å². The van der Waals surface area contributed by atoms with E-state index >= 15 is 0 Å². The van der Waals surface area contributed by atoms with Gasteiger partial charge in [0.2, 0.25) is 5.91 Å². The molecular formula is C13H16Cl2N2O2S. The highest BCUT2D eigenvalue weighted by molar-refractivity contribution is 7.99. The van der Waals surface area contributed by atoms with Gasteiger partial charge in [-0.3, -0.25) is 10.1 Å². The van der Waals surface area contributed by atoms with Crippen molar-refractivity contribution in [3.05, 3.63) is 27.7 Å². The molecule has 1 aliphatic heterocycles. The van der Waals surface area contributed by atoms with E-state index in [2.05, 4.69) is 10.6 Å². The molecule has 0 spiro atoms. The second kappa shape index (κ2) is 7.41. The highest BCUT2D eigenvalue weighted by Crippen LogP contribution is 2.32. The molecule has 7 heteroatoms.